The number of ketones is 1. The molecule has 0 spiro atoms. The zero-order chi connectivity index (χ0) is 7.84. The summed E-state index contributed by atoms with van der Waals surface area (Å²) < 4.78 is 2.26. The third-order valence-corrected chi connectivity index (χ3v) is 4.35. The van der Waals surface area contributed by atoms with Crippen molar-refractivity contribution in [1.29, 1.82) is 0 Å². The predicted octanol–water partition coefficient (Wildman–Crippen LogP) is 1.39. The van der Waals surface area contributed by atoms with Crippen molar-refractivity contribution in [1.82, 2.24) is 0 Å². The van der Waals surface area contributed by atoms with Crippen LogP contribution in [0.25, 0.3) is 0 Å². The number of hydrogen-bond donors (Lipinski definition) is 0. The predicted molar refractivity (Wildman–Crippen MR) is 48.7 cm³/mol. The molecule has 0 bridgehead atoms. The maximum absolute atomic E-state index is 11.2. The van der Waals surface area contributed by atoms with Crippen molar-refractivity contribution in [3.8, 4) is 0 Å². The molecule has 0 unspecified atom stereocenters. The van der Waals surface area contributed by atoms with Crippen molar-refractivity contribution >= 4 is 41.1 Å². The van der Waals surface area contributed by atoms with Crippen LogP contribution in [0.1, 0.15) is 10.4 Å². The molecular formula is C8H5BrOSe. The molecule has 0 fully saturated rings. The Morgan fingerprint density at radius 1 is 1.45 bits per heavy atom. The van der Waals surface area contributed by atoms with E-state index in [0.29, 0.717) is 20.7 Å². The molecule has 56 valence electrons. The van der Waals surface area contributed by atoms with Crippen molar-refractivity contribution in [3.05, 3.63) is 28.2 Å². The number of rotatable bonds is 0. The van der Waals surface area contributed by atoms with E-state index in [4.69, 9.17) is 0 Å². The average molecular weight is 276 g/mol. The van der Waals surface area contributed by atoms with E-state index < -0.39 is 0 Å². The van der Waals surface area contributed by atoms with E-state index in [2.05, 4.69) is 15.9 Å². The monoisotopic (exact) mass is 276 g/mol. The van der Waals surface area contributed by atoms with Gasteiger partial charge in [0.25, 0.3) is 0 Å². The molecule has 0 aliphatic carbocycles. The van der Waals surface area contributed by atoms with Crippen LogP contribution in [0, 0.1) is 0 Å². The number of carbonyl (C=O) groups is 1. The molecule has 2 rings (SSSR count). The fraction of sp³-hybridized carbons (Fsp3) is 0.125. The standard InChI is InChI=1S/C8H5BrOSe/c9-5-1-2-8-6(3-5)7(10)4-11-8/h1-3H,4H2. The van der Waals surface area contributed by atoms with Gasteiger partial charge in [0.2, 0.25) is 0 Å². The summed E-state index contributed by atoms with van der Waals surface area (Å²) in [5.74, 6) is 0.307. The Kier molecular flexibility index (Phi) is 1.88. The Labute approximate surface area is 79.5 Å². The van der Waals surface area contributed by atoms with Crippen molar-refractivity contribution < 1.29 is 4.79 Å². The molecule has 11 heavy (non-hydrogen) atoms. The molecule has 0 saturated heterocycles. The van der Waals surface area contributed by atoms with Crippen molar-refractivity contribution in [2.75, 3.05) is 0 Å². The molecule has 0 atom stereocenters. The first kappa shape index (κ1) is 7.53. The first-order valence-corrected chi connectivity index (χ1v) is 6.09. The van der Waals surface area contributed by atoms with Gasteiger partial charge >= 0.3 is 79.5 Å². The summed E-state index contributed by atoms with van der Waals surface area (Å²) in [6.07, 6.45) is 0. The van der Waals surface area contributed by atoms with Crippen LogP contribution in [0.4, 0.5) is 0 Å². The third-order valence-electron chi connectivity index (χ3n) is 1.60. The summed E-state index contributed by atoms with van der Waals surface area (Å²) in [6.45, 7) is 0. The van der Waals surface area contributed by atoms with Gasteiger partial charge in [-0.2, -0.15) is 0 Å². The Morgan fingerprint density at radius 2 is 2.27 bits per heavy atom. The van der Waals surface area contributed by atoms with Gasteiger partial charge in [0.1, 0.15) is 0 Å². The summed E-state index contributed by atoms with van der Waals surface area (Å²) >= 11 is 3.74. The summed E-state index contributed by atoms with van der Waals surface area (Å²) in [5.41, 5.74) is 0.930. The van der Waals surface area contributed by atoms with Gasteiger partial charge in [-0.05, 0) is 0 Å². The van der Waals surface area contributed by atoms with E-state index in [-0.39, 0.29) is 0 Å². The molecule has 1 aliphatic heterocycles. The molecule has 0 N–H and O–H groups in total. The third kappa shape index (κ3) is 1.28. The Hall–Kier alpha value is -0.111. The molecule has 1 heterocycles. The van der Waals surface area contributed by atoms with Gasteiger partial charge < -0.3 is 0 Å². The summed E-state index contributed by atoms with van der Waals surface area (Å²) in [5, 5.41) is 0.749. The van der Waals surface area contributed by atoms with Gasteiger partial charge in [-0.1, -0.05) is 0 Å². The van der Waals surface area contributed by atoms with Gasteiger partial charge in [-0.25, -0.2) is 0 Å². The van der Waals surface area contributed by atoms with E-state index in [1.165, 1.54) is 4.46 Å². The Balaban J connectivity index is 2.60. The molecule has 0 radical (unpaired) electrons. The van der Waals surface area contributed by atoms with Crippen LogP contribution >= 0.6 is 15.9 Å². The van der Waals surface area contributed by atoms with Crippen LogP contribution in [0.5, 0.6) is 0 Å². The van der Waals surface area contributed by atoms with Crippen LogP contribution < -0.4 is 4.46 Å². The average Bonchev–Trinajstić information content (AvgIpc) is 2.33. The minimum atomic E-state index is 0.307. The molecule has 0 amide bonds. The number of Topliss-reactive ketones (excluding diaryl/α,β-unsaturated/α-hetero) is 1. The second kappa shape index (κ2) is 2.74. The second-order valence-corrected chi connectivity index (χ2v) is 5.40. The molecule has 3 heteroatoms. The van der Waals surface area contributed by atoms with Crippen LogP contribution in [0.3, 0.4) is 0 Å². The topological polar surface area (TPSA) is 17.1 Å². The first-order chi connectivity index (χ1) is 5.27. The van der Waals surface area contributed by atoms with E-state index >= 15 is 0 Å². The number of hydrogen-bond acceptors (Lipinski definition) is 1. The Bertz CT molecular complexity index is 322. The van der Waals surface area contributed by atoms with Crippen molar-refractivity contribution in [3.63, 3.8) is 0 Å². The zero-order valence-electron chi connectivity index (χ0n) is 5.63. The molecule has 0 aromatic heterocycles. The first-order valence-electron chi connectivity index (χ1n) is 3.23. The number of fused-ring (bicyclic) bond motifs is 1. The summed E-state index contributed by atoms with van der Waals surface area (Å²) in [4.78, 5) is 11.2. The van der Waals surface area contributed by atoms with Gasteiger partial charge in [-0.3, -0.25) is 0 Å². The van der Waals surface area contributed by atoms with E-state index in [1.54, 1.807) is 0 Å². The van der Waals surface area contributed by atoms with E-state index in [1.807, 2.05) is 18.2 Å². The zero-order valence-corrected chi connectivity index (χ0v) is 8.93. The fourth-order valence-corrected chi connectivity index (χ4v) is 3.39. The summed E-state index contributed by atoms with van der Waals surface area (Å²) in [6, 6.07) is 5.97. The minimum absolute atomic E-state index is 0.307. The second-order valence-electron chi connectivity index (χ2n) is 2.35. The van der Waals surface area contributed by atoms with Crippen LogP contribution in [0.15, 0.2) is 22.7 Å². The van der Waals surface area contributed by atoms with E-state index in [0.717, 1.165) is 15.4 Å². The fourth-order valence-electron chi connectivity index (χ4n) is 1.07. The SMILES string of the molecule is O=C1C[Se]c2ccc(Br)cc21. The van der Waals surface area contributed by atoms with Crippen molar-refractivity contribution in [2.24, 2.45) is 0 Å². The molecule has 0 saturated carbocycles. The van der Waals surface area contributed by atoms with E-state index in [9.17, 15) is 4.79 Å². The summed E-state index contributed by atoms with van der Waals surface area (Å²) in [7, 11) is 0. The van der Waals surface area contributed by atoms with Crippen LogP contribution in [0.2, 0.25) is 5.32 Å². The van der Waals surface area contributed by atoms with Gasteiger partial charge in [0.05, 0.1) is 0 Å². The van der Waals surface area contributed by atoms with Gasteiger partial charge in [0.15, 0.2) is 0 Å². The quantitative estimate of drug-likeness (QED) is 0.654. The number of halogens is 1. The van der Waals surface area contributed by atoms with Crippen molar-refractivity contribution in [2.45, 2.75) is 5.32 Å². The number of benzene rings is 1. The normalized spacial score (nSPS) is 15.2. The van der Waals surface area contributed by atoms with Gasteiger partial charge in [-0.15, -0.1) is 0 Å². The van der Waals surface area contributed by atoms with Crippen LogP contribution in [-0.4, -0.2) is 20.7 Å². The van der Waals surface area contributed by atoms with Gasteiger partial charge in [0, 0.05) is 0 Å². The Morgan fingerprint density at radius 3 is 3.09 bits per heavy atom. The molecule has 1 nitrogen and oxygen atoms in total. The molecule has 1 aromatic rings. The maximum atomic E-state index is 11.2. The molecular weight excluding hydrogens is 271 g/mol. The molecule has 1 aromatic carbocycles. The van der Waals surface area contributed by atoms with Crippen LogP contribution in [-0.2, 0) is 0 Å². The number of carbonyl (C=O) groups excluding carboxylic acids is 1. The molecule has 1 aliphatic rings.